The van der Waals surface area contributed by atoms with Gasteiger partial charge in [-0.1, -0.05) is 44.0 Å². The summed E-state index contributed by atoms with van der Waals surface area (Å²) in [5, 5.41) is 8.41. The van der Waals surface area contributed by atoms with Gasteiger partial charge in [-0.3, -0.25) is 4.79 Å². The zero-order valence-electron chi connectivity index (χ0n) is 13.8. The third-order valence-electron chi connectivity index (χ3n) is 3.48. The molecule has 5 heteroatoms. The average molecular weight is 325 g/mol. The molecule has 0 bridgehead atoms. The normalized spacial score (nSPS) is 10.0. The van der Waals surface area contributed by atoms with Gasteiger partial charge in [-0.15, -0.1) is 0 Å². The van der Waals surface area contributed by atoms with Crippen molar-refractivity contribution in [2.45, 2.75) is 26.2 Å². The number of benzene rings is 2. The lowest BCUT2D eigenvalue weighted by molar-refractivity contribution is 0.102. The van der Waals surface area contributed by atoms with E-state index in [1.54, 1.807) is 36.4 Å². The van der Waals surface area contributed by atoms with E-state index in [0.29, 0.717) is 23.5 Å². The molecule has 0 atom stereocenters. The maximum atomic E-state index is 12.1. The number of nitrogens with one attached hydrogen (secondary N) is 3. The van der Waals surface area contributed by atoms with Crippen molar-refractivity contribution < 1.29 is 9.59 Å². The van der Waals surface area contributed by atoms with Gasteiger partial charge in [0.2, 0.25) is 0 Å². The highest BCUT2D eigenvalue weighted by Gasteiger charge is 2.06. The number of anilines is 2. The minimum absolute atomic E-state index is 0.184. The molecule has 5 nitrogen and oxygen atoms in total. The molecule has 0 fully saturated rings. The molecule has 0 aromatic heterocycles. The lowest BCUT2D eigenvalue weighted by Crippen LogP contribution is -2.29. The number of hydrogen-bond donors (Lipinski definition) is 3. The smallest absolute Gasteiger partial charge is 0.319 e. The SMILES string of the molecule is CCCCCNC(=O)Nc1cccc(NC(=O)c2ccccc2)c1. The van der Waals surface area contributed by atoms with E-state index in [1.165, 1.54) is 0 Å². The van der Waals surface area contributed by atoms with Gasteiger partial charge in [-0.05, 0) is 36.8 Å². The summed E-state index contributed by atoms with van der Waals surface area (Å²) in [6, 6.07) is 15.8. The standard InChI is InChI=1S/C19H23N3O2/c1-2-3-7-13-20-19(24)22-17-12-8-11-16(14-17)21-18(23)15-9-5-4-6-10-15/h4-6,8-12,14H,2-3,7,13H2,1H3,(H,21,23)(H2,20,22,24). The van der Waals surface area contributed by atoms with Crippen molar-refractivity contribution in [1.82, 2.24) is 5.32 Å². The van der Waals surface area contributed by atoms with Crippen molar-refractivity contribution in [3.05, 3.63) is 60.2 Å². The summed E-state index contributed by atoms with van der Waals surface area (Å²) >= 11 is 0. The number of hydrogen-bond acceptors (Lipinski definition) is 2. The highest BCUT2D eigenvalue weighted by molar-refractivity contribution is 6.04. The topological polar surface area (TPSA) is 70.2 Å². The Morgan fingerprint density at radius 1 is 0.875 bits per heavy atom. The van der Waals surface area contributed by atoms with Crippen molar-refractivity contribution >= 4 is 23.3 Å². The first-order chi connectivity index (χ1) is 11.7. The molecule has 0 saturated heterocycles. The summed E-state index contributed by atoms with van der Waals surface area (Å²) in [6.07, 6.45) is 3.19. The average Bonchev–Trinajstić information content (AvgIpc) is 2.60. The summed E-state index contributed by atoms with van der Waals surface area (Å²) in [6.45, 7) is 2.78. The van der Waals surface area contributed by atoms with Crippen LogP contribution in [0.3, 0.4) is 0 Å². The van der Waals surface area contributed by atoms with E-state index in [4.69, 9.17) is 0 Å². The highest BCUT2D eigenvalue weighted by atomic mass is 16.2. The van der Waals surface area contributed by atoms with Crippen LogP contribution in [0.2, 0.25) is 0 Å². The molecule has 0 saturated carbocycles. The van der Waals surface area contributed by atoms with Crippen LogP contribution in [0.1, 0.15) is 36.5 Å². The van der Waals surface area contributed by atoms with Crippen LogP contribution < -0.4 is 16.0 Å². The molecular weight excluding hydrogens is 302 g/mol. The van der Waals surface area contributed by atoms with Crippen LogP contribution in [-0.2, 0) is 0 Å². The maximum absolute atomic E-state index is 12.1. The summed E-state index contributed by atoms with van der Waals surface area (Å²) in [5.74, 6) is -0.184. The van der Waals surface area contributed by atoms with Gasteiger partial charge in [0.25, 0.3) is 5.91 Å². The molecule has 3 N–H and O–H groups in total. The third kappa shape index (κ3) is 5.76. The molecular formula is C19H23N3O2. The summed E-state index contributed by atoms with van der Waals surface area (Å²) in [5.41, 5.74) is 1.85. The third-order valence-corrected chi connectivity index (χ3v) is 3.48. The van der Waals surface area contributed by atoms with Crippen molar-refractivity contribution in [3.63, 3.8) is 0 Å². The van der Waals surface area contributed by atoms with Gasteiger partial charge >= 0.3 is 6.03 Å². The molecule has 2 aromatic rings. The predicted molar refractivity (Wildman–Crippen MR) is 97.4 cm³/mol. The quantitative estimate of drug-likeness (QED) is 0.666. The largest absolute Gasteiger partial charge is 0.338 e. The Morgan fingerprint density at radius 2 is 1.58 bits per heavy atom. The molecule has 0 spiro atoms. The second-order valence-corrected chi connectivity index (χ2v) is 5.49. The minimum Gasteiger partial charge on any atom is -0.338 e. The Morgan fingerprint density at radius 3 is 2.29 bits per heavy atom. The van der Waals surface area contributed by atoms with Gasteiger partial charge in [0.15, 0.2) is 0 Å². The van der Waals surface area contributed by atoms with Gasteiger partial charge in [0.05, 0.1) is 0 Å². The van der Waals surface area contributed by atoms with Crippen molar-refractivity contribution in [2.75, 3.05) is 17.2 Å². The maximum Gasteiger partial charge on any atom is 0.319 e. The van der Waals surface area contributed by atoms with E-state index >= 15 is 0 Å². The number of urea groups is 1. The van der Waals surface area contributed by atoms with Crippen LogP contribution >= 0.6 is 0 Å². The molecule has 0 heterocycles. The Hall–Kier alpha value is -2.82. The summed E-state index contributed by atoms with van der Waals surface area (Å²) < 4.78 is 0. The number of carbonyl (C=O) groups excluding carboxylic acids is 2. The molecule has 2 rings (SSSR count). The Kier molecular flexibility index (Phi) is 6.83. The molecule has 126 valence electrons. The number of carbonyl (C=O) groups is 2. The molecule has 0 aliphatic carbocycles. The van der Waals surface area contributed by atoms with E-state index in [9.17, 15) is 9.59 Å². The molecule has 2 aromatic carbocycles. The van der Waals surface area contributed by atoms with Crippen LogP contribution in [-0.4, -0.2) is 18.5 Å². The van der Waals surface area contributed by atoms with Crippen molar-refractivity contribution in [1.29, 1.82) is 0 Å². The Balaban J connectivity index is 1.89. The van der Waals surface area contributed by atoms with Crippen LogP contribution in [0, 0.1) is 0 Å². The van der Waals surface area contributed by atoms with Gasteiger partial charge in [0, 0.05) is 23.5 Å². The lowest BCUT2D eigenvalue weighted by atomic mass is 10.2. The number of unbranched alkanes of at least 4 members (excludes halogenated alkanes) is 2. The van der Waals surface area contributed by atoms with E-state index in [2.05, 4.69) is 22.9 Å². The fourth-order valence-electron chi connectivity index (χ4n) is 2.22. The molecule has 3 amide bonds. The van der Waals surface area contributed by atoms with Crippen LogP contribution in [0.5, 0.6) is 0 Å². The van der Waals surface area contributed by atoms with Crippen molar-refractivity contribution in [3.8, 4) is 0 Å². The molecule has 0 aliphatic rings. The summed E-state index contributed by atoms with van der Waals surface area (Å²) in [4.78, 5) is 24.0. The second kappa shape index (κ2) is 9.35. The number of amides is 3. The van der Waals surface area contributed by atoms with E-state index in [-0.39, 0.29) is 11.9 Å². The highest BCUT2D eigenvalue weighted by Crippen LogP contribution is 2.16. The van der Waals surface area contributed by atoms with Gasteiger partial charge in [-0.25, -0.2) is 4.79 Å². The monoisotopic (exact) mass is 325 g/mol. The van der Waals surface area contributed by atoms with Crippen LogP contribution in [0.25, 0.3) is 0 Å². The molecule has 0 radical (unpaired) electrons. The fourth-order valence-corrected chi connectivity index (χ4v) is 2.22. The molecule has 0 unspecified atom stereocenters. The second-order valence-electron chi connectivity index (χ2n) is 5.49. The first kappa shape index (κ1) is 17.5. The first-order valence-corrected chi connectivity index (χ1v) is 8.20. The summed E-state index contributed by atoms with van der Waals surface area (Å²) in [7, 11) is 0. The number of rotatable bonds is 7. The Labute approximate surface area is 142 Å². The van der Waals surface area contributed by atoms with E-state index in [0.717, 1.165) is 19.3 Å². The first-order valence-electron chi connectivity index (χ1n) is 8.20. The van der Waals surface area contributed by atoms with Crippen LogP contribution in [0.4, 0.5) is 16.2 Å². The van der Waals surface area contributed by atoms with Crippen molar-refractivity contribution in [2.24, 2.45) is 0 Å². The molecule has 0 aliphatic heterocycles. The van der Waals surface area contributed by atoms with E-state index < -0.39 is 0 Å². The van der Waals surface area contributed by atoms with E-state index in [1.807, 2.05) is 18.2 Å². The fraction of sp³-hybridized carbons (Fsp3) is 0.263. The van der Waals surface area contributed by atoms with Gasteiger partial charge in [-0.2, -0.15) is 0 Å². The van der Waals surface area contributed by atoms with Gasteiger partial charge < -0.3 is 16.0 Å². The van der Waals surface area contributed by atoms with Crippen LogP contribution in [0.15, 0.2) is 54.6 Å². The zero-order chi connectivity index (χ0) is 17.2. The lowest BCUT2D eigenvalue weighted by Gasteiger charge is -2.10. The zero-order valence-corrected chi connectivity index (χ0v) is 13.8. The Bertz CT molecular complexity index is 671. The minimum atomic E-state index is -0.238. The molecule has 24 heavy (non-hydrogen) atoms. The van der Waals surface area contributed by atoms with Gasteiger partial charge in [0.1, 0.15) is 0 Å². The predicted octanol–water partition coefficient (Wildman–Crippen LogP) is 4.25.